The number of aliphatic imine (C=N–C) groups is 1. The van der Waals surface area contributed by atoms with E-state index in [1.54, 1.807) is 19.2 Å². The zero-order chi connectivity index (χ0) is 24.5. The maximum Gasteiger partial charge on any atom is 0.256 e. The van der Waals surface area contributed by atoms with Crippen LogP contribution in [0.5, 0.6) is 17.2 Å². The molecule has 1 fully saturated rings. The van der Waals surface area contributed by atoms with Crippen LogP contribution >= 0.6 is 0 Å². The first-order valence-electron chi connectivity index (χ1n) is 12.1. The lowest BCUT2D eigenvalue weighted by atomic mass is 10.1. The topological polar surface area (TPSA) is 89.0 Å². The number of para-hydroxylation sites is 2. The van der Waals surface area contributed by atoms with Gasteiger partial charge in [-0.3, -0.25) is 9.79 Å². The van der Waals surface area contributed by atoms with Crippen molar-refractivity contribution in [1.82, 2.24) is 14.9 Å². The number of ether oxygens (including phenoxy) is 3. The summed E-state index contributed by atoms with van der Waals surface area (Å²) in [6.45, 7) is 1.42. The molecule has 0 spiro atoms. The third-order valence-electron chi connectivity index (χ3n) is 6.58. The minimum Gasteiger partial charge on any atom is -0.493 e. The van der Waals surface area contributed by atoms with Gasteiger partial charge in [0, 0.05) is 24.4 Å². The molecule has 0 bridgehead atoms. The number of aromatic amines is 1. The number of rotatable bonds is 7. The van der Waals surface area contributed by atoms with Gasteiger partial charge in [-0.1, -0.05) is 12.1 Å². The normalized spacial score (nSPS) is 16.5. The van der Waals surface area contributed by atoms with Gasteiger partial charge in [-0.2, -0.15) is 0 Å². The molecule has 1 amide bonds. The highest BCUT2D eigenvalue weighted by Crippen LogP contribution is 2.38. The monoisotopic (exact) mass is 482 g/mol. The van der Waals surface area contributed by atoms with Crippen LogP contribution in [-0.2, 0) is 0 Å². The molecular weight excluding hydrogens is 456 g/mol. The van der Waals surface area contributed by atoms with Crippen molar-refractivity contribution >= 4 is 28.8 Å². The summed E-state index contributed by atoms with van der Waals surface area (Å²) in [5.74, 6) is 2.59. The third-order valence-corrected chi connectivity index (χ3v) is 6.58. The Hall–Kier alpha value is -4.33. The lowest BCUT2D eigenvalue weighted by Gasteiger charge is -2.20. The molecule has 36 heavy (non-hydrogen) atoms. The Balaban J connectivity index is 1.09. The van der Waals surface area contributed by atoms with Crippen molar-refractivity contribution in [2.24, 2.45) is 4.99 Å². The largest absolute Gasteiger partial charge is 0.493 e. The highest BCUT2D eigenvalue weighted by Gasteiger charge is 2.32. The summed E-state index contributed by atoms with van der Waals surface area (Å²) in [7, 11) is 1.57. The molecule has 0 radical (unpaired) electrons. The Morgan fingerprint density at radius 2 is 1.86 bits per heavy atom. The Bertz CT molecular complexity index is 1410. The van der Waals surface area contributed by atoms with Crippen molar-refractivity contribution in [3.8, 4) is 28.6 Å². The number of hydrogen-bond donors (Lipinski definition) is 1. The molecule has 2 aliphatic rings. The van der Waals surface area contributed by atoms with E-state index < -0.39 is 0 Å². The summed E-state index contributed by atoms with van der Waals surface area (Å²) in [5.41, 5.74) is 4.08. The zero-order valence-corrected chi connectivity index (χ0v) is 19.9. The fourth-order valence-corrected chi connectivity index (χ4v) is 4.73. The molecule has 6 rings (SSSR count). The van der Waals surface area contributed by atoms with E-state index in [2.05, 4.69) is 15.0 Å². The molecule has 182 valence electrons. The molecule has 1 N–H and O–H groups in total. The van der Waals surface area contributed by atoms with E-state index in [4.69, 9.17) is 14.2 Å². The summed E-state index contributed by atoms with van der Waals surface area (Å²) in [4.78, 5) is 27.4. The van der Waals surface area contributed by atoms with Crippen molar-refractivity contribution in [3.05, 3.63) is 66.2 Å². The van der Waals surface area contributed by atoms with E-state index in [0.717, 1.165) is 47.6 Å². The molecule has 0 saturated carbocycles. The molecule has 1 atom stereocenters. The van der Waals surface area contributed by atoms with E-state index in [-0.39, 0.29) is 11.9 Å². The van der Waals surface area contributed by atoms with Crippen LogP contribution in [0, 0.1) is 0 Å². The molecule has 0 aliphatic carbocycles. The lowest BCUT2D eigenvalue weighted by molar-refractivity contribution is 0.0774. The maximum atomic E-state index is 13.0. The van der Waals surface area contributed by atoms with Crippen molar-refractivity contribution < 1.29 is 19.0 Å². The average molecular weight is 483 g/mol. The van der Waals surface area contributed by atoms with E-state index in [1.165, 1.54) is 0 Å². The summed E-state index contributed by atoms with van der Waals surface area (Å²) < 4.78 is 17.3. The second kappa shape index (κ2) is 9.37. The van der Waals surface area contributed by atoms with Gasteiger partial charge in [0.05, 0.1) is 35.4 Å². The number of carbonyl (C=O) groups is 1. The summed E-state index contributed by atoms with van der Waals surface area (Å²) in [6.07, 6.45) is 3.81. The Labute approximate surface area is 208 Å². The second-order valence-electron chi connectivity index (χ2n) is 8.83. The molecule has 1 saturated heterocycles. The number of H-pyrrole nitrogens is 1. The van der Waals surface area contributed by atoms with Crippen LogP contribution in [0.2, 0.25) is 0 Å². The number of nitrogens with zero attached hydrogens (tertiary/aromatic N) is 3. The summed E-state index contributed by atoms with van der Waals surface area (Å²) in [5, 5.41) is 0. The standard InChI is InChI=1S/C28H26N4O4/c1-34-25-15-21-24(29-17-19-5-4-12-32(19)28(21)33)16-26(25)36-14-13-35-20-10-8-18(9-11-20)27-30-22-6-2-3-7-23(22)31-27/h2-3,6-11,15-17,19H,4-5,12-14H2,1H3,(H,30,31)/t19-/m0/s1. The van der Waals surface area contributed by atoms with Crippen LogP contribution in [0.15, 0.2) is 65.7 Å². The quantitative estimate of drug-likeness (QED) is 0.374. The van der Waals surface area contributed by atoms with Gasteiger partial charge in [0.25, 0.3) is 5.91 Å². The van der Waals surface area contributed by atoms with Crippen LogP contribution in [-0.4, -0.2) is 59.9 Å². The van der Waals surface area contributed by atoms with Gasteiger partial charge >= 0.3 is 0 Å². The van der Waals surface area contributed by atoms with Crippen LogP contribution in [0.3, 0.4) is 0 Å². The molecule has 8 nitrogen and oxygen atoms in total. The average Bonchev–Trinajstić information content (AvgIpc) is 3.54. The van der Waals surface area contributed by atoms with Gasteiger partial charge in [-0.05, 0) is 55.3 Å². The zero-order valence-electron chi connectivity index (χ0n) is 19.9. The predicted octanol–water partition coefficient (Wildman–Crippen LogP) is 5.02. The smallest absolute Gasteiger partial charge is 0.256 e. The van der Waals surface area contributed by atoms with E-state index >= 15 is 0 Å². The SMILES string of the molecule is COc1cc2c(cc1OCCOc1ccc(-c3nc4ccccc4[nH]3)cc1)N=C[C@@H]1CCCN1C2=O. The van der Waals surface area contributed by atoms with Gasteiger partial charge in [0.1, 0.15) is 24.8 Å². The number of aromatic nitrogens is 2. The number of fused-ring (bicyclic) bond motifs is 3. The second-order valence-corrected chi connectivity index (χ2v) is 8.83. The molecular formula is C28H26N4O4. The number of benzene rings is 3. The molecule has 2 aliphatic heterocycles. The van der Waals surface area contributed by atoms with Gasteiger partial charge in [-0.15, -0.1) is 0 Å². The first kappa shape index (κ1) is 22.2. The number of nitrogens with one attached hydrogen (secondary N) is 1. The number of hydrogen-bond acceptors (Lipinski definition) is 6. The van der Waals surface area contributed by atoms with E-state index in [9.17, 15) is 4.79 Å². The maximum absolute atomic E-state index is 13.0. The van der Waals surface area contributed by atoms with Gasteiger partial charge < -0.3 is 24.1 Å². The fourth-order valence-electron chi connectivity index (χ4n) is 4.73. The van der Waals surface area contributed by atoms with E-state index in [0.29, 0.717) is 36.0 Å². The van der Waals surface area contributed by atoms with Crippen molar-refractivity contribution in [3.63, 3.8) is 0 Å². The molecule has 4 aromatic rings. The number of amides is 1. The summed E-state index contributed by atoms with van der Waals surface area (Å²) >= 11 is 0. The molecule has 3 aromatic carbocycles. The van der Waals surface area contributed by atoms with Crippen molar-refractivity contribution in [2.75, 3.05) is 26.9 Å². The number of methoxy groups -OCH3 is 1. The molecule has 3 heterocycles. The molecule has 0 unspecified atom stereocenters. The fraction of sp³-hybridized carbons (Fsp3) is 0.250. The molecule has 1 aromatic heterocycles. The minimum absolute atomic E-state index is 0.00993. The Morgan fingerprint density at radius 3 is 2.69 bits per heavy atom. The van der Waals surface area contributed by atoms with Crippen LogP contribution in [0.25, 0.3) is 22.4 Å². The van der Waals surface area contributed by atoms with Crippen LogP contribution in [0.1, 0.15) is 23.2 Å². The minimum atomic E-state index is -0.00993. The van der Waals surface area contributed by atoms with Crippen molar-refractivity contribution in [2.45, 2.75) is 18.9 Å². The predicted molar refractivity (Wildman–Crippen MR) is 138 cm³/mol. The van der Waals surface area contributed by atoms with Gasteiger partial charge in [0.2, 0.25) is 0 Å². The van der Waals surface area contributed by atoms with Gasteiger partial charge in [0.15, 0.2) is 11.5 Å². The third kappa shape index (κ3) is 4.15. The number of carbonyl (C=O) groups excluding carboxylic acids is 1. The first-order chi connectivity index (χ1) is 17.7. The highest BCUT2D eigenvalue weighted by molar-refractivity contribution is 6.03. The van der Waals surface area contributed by atoms with Crippen LogP contribution in [0.4, 0.5) is 5.69 Å². The van der Waals surface area contributed by atoms with Crippen molar-refractivity contribution in [1.29, 1.82) is 0 Å². The number of imidazole rings is 1. The summed E-state index contributed by atoms with van der Waals surface area (Å²) in [6, 6.07) is 19.3. The van der Waals surface area contributed by atoms with Crippen LogP contribution < -0.4 is 14.2 Å². The first-order valence-corrected chi connectivity index (χ1v) is 12.1. The van der Waals surface area contributed by atoms with E-state index in [1.807, 2.05) is 59.6 Å². The Morgan fingerprint density at radius 1 is 1.03 bits per heavy atom. The Kier molecular flexibility index (Phi) is 5.77. The van der Waals surface area contributed by atoms with Gasteiger partial charge in [-0.25, -0.2) is 4.98 Å². The highest BCUT2D eigenvalue weighted by atomic mass is 16.5. The molecule has 8 heteroatoms. The lowest BCUT2D eigenvalue weighted by Crippen LogP contribution is -2.35.